The number of amides is 2. The van der Waals surface area contributed by atoms with Gasteiger partial charge in [-0.25, -0.2) is 4.39 Å². The number of benzene rings is 2. The topological polar surface area (TPSA) is 73.5 Å². The highest BCUT2D eigenvalue weighted by atomic mass is 35.5. The summed E-state index contributed by atoms with van der Waals surface area (Å²) >= 11 is 5.96. The summed E-state index contributed by atoms with van der Waals surface area (Å²) in [5.41, 5.74) is 1.59. The lowest BCUT2D eigenvalue weighted by molar-refractivity contribution is -0.116. The van der Waals surface area contributed by atoms with E-state index in [-0.39, 0.29) is 24.2 Å². The SMILES string of the molecule is CN(C=C1NC(=O)c2ccc(Cl)cc2N1)CC(=O)Nc1ccc(F)cc1. The number of carbonyl (C=O) groups is 2. The van der Waals surface area contributed by atoms with Gasteiger partial charge in [0.05, 0.1) is 17.8 Å². The molecular formula is C18H16ClFN4O2. The van der Waals surface area contributed by atoms with Crippen LogP contribution in [0.2, 0.25) is 5.02 Å². The molecule has 0 radical (unpaired) electrons. The molecule has 0 atom stereocenters. The molecule has 0 fully saturated rings. The summed E-state index contributed by atoms with van der Waals surface area (Å²) in [5.74, 6) is -0.474. The van der Waals surface area contributed by atoms with Gasteiger partial charge in [-0.2, -0.15) is 0 Å². The zero-order valence-corrected chi connectivity index (χ0v) is 14.6. The third-order valence-corrected chi connectivity index (χ3v) is 3.85. The normalized spacial score (nSPS) is 14.3. The summed E-state index contributed by atoms with van der Waals surface area (Å²) in [4.78, 5) is 25.8. The minimum atomic E-state index is -0.371. The Balaban J connectivity index is 1.63. The average molecular weight is 375 g/mol. The monoisotopic (exact) mass is 374 g/mol. The zero-order valence-electron chi connectivity index (χ0n) is 13.8. The maximum atomic E-state index is 12.9. The Bertz CT molecular complexity index is 883. The van der Waals surface area contributed by atoms with Gasteiger partial charge in [0.15, 0.2) is 0 Å². The molecule has 3 N–H and O–H groups in total. The smallest absolute Gasteiger partial charge is 0.258 e. The molecule has 1 aliphatic heterocycles. The van der Waals surface area contributed by atoms with E-state index in [1.807, 2.05) is 0 Å². The van der Waals surface area contributed by atoms with Gasteiger partial charge < -0.3 is 20.9 Å². The molecule has 0 spiro atoms. The second-order valence-electron chi connectivity index (χ2n) is 5.78. The van der Waals surface area contributed by atoms with Crippen molar-refractivity contribution in [2.24, 2.45) is 0 Å². The quantitative estimate of drug-likeness (QED) is 0.769. The fraction of sp³-hybridized carbons (Fsp3) is 0.111. The average Bonchev–Trinajstić information content (AvgIpc) is 2.56. The number of rotatable bonds is 4. The van der Waals surface area contributed by atoms with E-state index < -0.39 is 0 Å². The van der Waals surface area contributed by atoms with E-state index in [0.717, 1.165) is 0 Å². The first-order chi connectivity index (χ1) is 12.4. The molecule has 1 aliphatic rings. The molecule has 0 saturated carbocycles. The number of nitrogens with zero attached hydrogens (tertiary/aromatic N) is 1. The van der Waals surface area contributed by atoms with Crippen LogP contribution < -0.4 is 16.0 Å². The fourth-order valence-corrected chi connectivity index (χ4v) is 2.65. The highest BCUT2D eigenvalue weighted by Crippen LogP contribution is 2.25. The van der Waals surface area contributed by atoms with Crippen molar-refractivity contribution in [1.82, 2.24) is 10.2 Å². The lowest BCUT2D eigenvalue weighted by Gasteiger charge is -2.23. The Kier molecular flexibility index (Phi) is 5.09. The molecule has 0 saturated heterocycles. The van der Waals surface area contributed by atoms with Gasteiger partial charge in [-0.15, -0.1) is 0 Å². The maximum Gasteiger partial charge on any atom is 0.258 e. The molecule has 1 heterocycles. The van der Waals surface area contributed by atoms with Crippen LogP contribution in [0.4, 0.5) is 15.8 Å². The Morgan fingerprint density at radius 1 is 1.23 bits per heavy atom. The predicted molar refractivity (Wildman–Crippen MR) is 98.3 cm³/mol. The molecule has 134 valence electrons. The van der Waals surface area contributed by atoms with Crippen molar-refractivity contribution in [3.8, 4) is 0 Å². The van der Waals surface area contributed by atoms with Crippen LogP contribution in [0.1, 0.15) is 10.4 Å². The first-order valence-electron chi connectivity index (χ1n) is 7.76. The Labute approximate surface area is 154 Å². The Morgan fingerprint density at radius 2 is 1.96 bits per heavy atom. The van der Waals surface area contributed by atoms with Crippen molar-refractivity contribution in [3.05, 3.63) is 70.9 Å². The van der Waals surface area contributed by atoms with Crippen LogP contribution in [-0.2, 0) is 4.79 Å². The van der Waals surface area contributed by atoms with E-state index in [9.17, 15) is 14.0 Å². The molecule has 0 unspecified atom stereocenters. The molecule has 3 rings (SSSR count). The van der Waals surface area contributed by atoms with Crippen LogP contribution in [0.25, 0.3) is 0 Å². The van der Waals surface area contributed by atoms with E-state index in [1.165, 1.54) is 24.3 Å². The van der Waals surface area contributed by atoms with Crippen LogP contribution in [0, 0.1) is 5.82 Å². The van der Waals surface area contributed by atoms with Crippen LogP contribution in [-0.4, -0.2) is 30.3 Å². The van der Waals surface area contributed by atoms with Gasteiger partial charge in [-0.05, 0) is 42.5 Å². The van der Waals surface area contributed by atoms with E-state index in [0.29, 0.717) is 27.8 Å². The summed E-state index contributed by atoms with van der Waals surface area (Å²) in [7, 11) is 1.69. The first kappa shape index (κ1) is 17.8. The van der Waals surface area contributed by atoms with E-state index in [4.69, 9.17) is 11.6 Å². The summed E-state index contributed by atoms with van der Waals surface area (Å²) in [6.07, 6.45) is 1.60. The molecule has 0 bridgehead atoms. The van der Waals surface area contributed by atoms with Crippen LogP contribution in [0.15, 0.2) is 54.5 Å². The Hall–Kier alpha value is -3.06. The van der Waals surface area contributed by atoms with Crippen LogP contribution >= 0.6 is 11.6 Å². The number of likely N-dealkylation sites (N-methyl/N-ethyl adjacent to an activating group) is 1. The fourth-order valence-electron chi connectivity index (χ4n) is 2.47. The zero-order chi connectivity index (χ0) is 18.7. The Morgan fingerprint density at radius 3 is 2.69 bits per heavy atom. The second-order valence-corrected chi connectivity index (χ2v) is 6.22. The van der Waals surface area contributed by atoms with Crippen molar-refractivity contribution in [1.29, 1.82) is 0 Å². The molecule has 2 aromatic carbocycles. The van der Waals surface area contributed by atoms with Crippen molar-refractivity contribution in [2.45, 2.75) is 0 Å². The van der Waals surface area contributed by atoms with Gasteiger partial charge in [0.1, 0.15) is 11.6 Å². The van der Waals surface area contributed by atoms with Gasteiger partial charge in [0.25, 0.3) is 5.91 Å². The summed E-state index contributed by atoms with van der Waals surface area (Å²) in [6, 6.07) is 10.4. The van der Waals surface area contributed by atoms with Crippen LogP contribution in [0.3, 0.4) is 0 Å². The van der Waals surface area contributed by atoms with Gasteiger partial charge in [-0.1, -0.05) is 11.6 Å². The molecule has 26 heavy (non-hydrogen) atoms. The van der Waals surface area contributed by atoms with E-state index >= 15 is 0 Å². The lowest BCUT2D eigenvalue weighted by atomic mass is 10.1. The first-order valence-corrected chi connectivity index (χ1v) is 8.14. The minimum Gasteiger partial charge on any atom is -0.368 e. The van der Waals surface area contributed by atoms with Crippen LogP contribution in [0.5, 0.6) is 0 Å². The third-order valence-electron chi connectivity index (χ3n) is 3.61. The number of nitrogens with one attached hydrogen (secondary N) is 3. The largest absolute Gasteiger partial charge is 0.368 e. The minimum absolute atomic E-state index is 0.0425. The lowest BCUT2D eigenvalue weighted by Crippen LogP contribution is -2.35. The van der Waals surface area contributed by atoms with Crippen molar-refractivity contribution in [2.75, 3.05) is 24.2 Å². The molecule has 8 heteroatoms. The molecule has 2 amide bonds. The number of halogens is 2. The molecule has 6 nitrogen and oxygen atoms in total. The predicted octanol–water partition coefficient (Wildman–Crippen LogP) is 3.00. The standard InChI is InChI=1S/C18H16ClFN4O2/c1-24(10-17(25)21-13-5-3-12(20)4-6-13)9-16-22-15-8-11(19)2-7-14(15)18(26)23-16/h2-9,22H,10H2,1H3,(H,21,25)(H,23,26). The molecule has 0 aromatic heterocycles. The number of anilines is 2. The summed E-state index contributed by atoms with van der Waals surface area (Å²) in [6.45, 7) is 0.0425. The summed E-state index contributed by atoms with van der Waals surface area (Å²) in [5, 5.41) is 8.94. The second kappa shape index (κ2) is 7.45. The number of carbonyl (C=O) groups excluding carboxylic acids is 2. The highest BCUT2D eigenvalue weighted by Gasteiger charge is 2.20. The number of fused-ring (bicyclic) bond motifs is 1. The van der Waals surface area contributed by atoms with E-state index in [2.05, 4.69) is 16.0 Å². The maximum absolute atomic E-state index is 12.9. The number of hydrogen-bond donors (Lipinski definition) is 3. The van der Waals surface area contributed by atoms with Gasteiger partial charge in [0.2, 0.25) is 5.91 Å². The van der Waals surface area contributed by atoms with Crippen molar-refractivity contribution >= 4 is 34.8 Å². The van der Waals surface area contributed by atoms with E-state index in [1.54, 1.807) is 36.3 Å². The number of hydrogen-bond acceptors (Lipinski definition) is 4. The highest BCUT2D eigenvalue weighted by molar-refractivity contribution is 6.31. The van der Waals surface area contributed by atoms with Crippen molar-refractivity contribution in [3.63, 3.8) is 0 Å². The van der Waals surface area contributed by atoms with Gasteiger partial charge >= 0.3 is 0 Å². The molecule has 0 aliphatic carbocycles. The van der Waals surface area contributed by atoms with Crippen molar-refractivity contribution < 1.29 is 14.0 Å². The summed E-state index contributed by atoms with van der Waals surface area (Å²) < 4.78 is 12.9. The van der Waals surface area contributed by atoms with Gasteiger partial charge in [-0.3, -0.25) is 9.59 Å². The van der Waals surface area contributed by atoms with Gasteiger partial charge in [0, 0.05) is 24.0 Å². The molecular weight excluding hydrogens is 359 g/mol. The molecule has 2 aromatic rings. The third kappa shape index (κ3) is 4.31.